The van der Waals surface area contributed by atoms with Gasteiger partial charge in [-0.15, -0.1) is 0 Å². The van der Waals surface area contributed by atoms with Crippen molar-refractivity contribution in [3.63, 3.8) is 0 Å². The molecule has 0 saturated heterocycles. The molecule has 9 nitrogen and oxygen atoms in total. The second-order valence-electron chi connectivity index (χ2n) is 7.68. The molecule has 4 aromatic rings. The van der Waals surface area contributed by atoms with Crippen molar-refractivity contribution in [1.82, 2.24) is 14.4 Å². The highest BCUT2D eigenvalue weighted by molar-refractivity contribution is 6.06. The van der Waals surface area contributed by atoms with Gasteiger partial charge < -0.3 is 14.4 Å². The average Bonchev–Trinajstić information content (AvgIpc) is 3.32. The van der Waals surface area contributed by atoms with Crippen LogP contribution in [0.3, 0.4) is 0 Å². The van der Waals surface area contributed by atoms with Gasteiger partial charge in [0.25, 0.3) is 5.91 Å². The average molecular weight is 477 g/mol. The van der Waals surface area contributed by atoms with Gasteiger partial charge in [-0.25, -0.2) is 19.2 Å². The molecule has 35 heavy (non-hydrogen) atoms. The summed E-state index contributed by atoms with van der Waals surface area (Å²) in [6.45, 7) is 1.99. The smallest absolute Gasteiger partial charge is 0.412 e. The Labute approximate surface area is 201 Å². The standard InChI is InChI=1S/C25H24FN5O4/c1-5-15-10-17(24(32)30(2)18-7-8-19(26)21(11-18)34-3)14-31-20(13-28-23(15)31)16-6-9-22(27-12-16)29-25(33)35-4/h6-14H,5H2,1-4H3,(H,27,29,33). The topological polar surface area (TPSA) is 98.1 Å². The molecule has 0 bridgehead atoms. The van der Waals surface area contributed by atoms with E-state index in [1.807, 2.05) is 17.4 Å². The van der Waals surface area contributed by atoms with Crippen molar-refractivity contribution in [3.8, 4) is 17.0 Å². The number of aryl methyl sites for hydroxylation is 1. The van der Waals surface area contributed by atoms with Crippen molar-refractivity contribution in [2.75, 3.05) is 31.5 Å². The summed E-state index contributed by atoms with van der Waals surface area (Å²) < 4.78 is 25.3. The number of amides is 2. The van der Waals surface area contributed by atoms with Crippen LogP contribution >= 0.6 is 0 Å². The van der Waals surface area contributed by atoms with Crippen molar-refractivity contribution in [2.45, 2.75) is 13.3 Å². The van der Waals surface area contributed by atoms with Crippen LogP contribution in [0, 0.1) is 5.82 Å². The first-order valence-corrected chi connectivity index (χ1v) is 10.8. The van der Waals surface area contributed by atoms with Crippen LogP contribution in [-0.2, 0) is 11.2 Å². The van der Waals surface area contributed by atoms with Crippen molar-refractivity contribution in [2.24, 2.45) is 0 Å². The largest absolute Gasteiger partial charge is 0.494 e. The summed E-state index contributed by atoms with van der Waals surface area (Å²) in [6.07, 6.45) is 5.08. The maximum Gasteiger partial charge on any atom is 0.412 e. The number of fused-ring (bicyclic) bond motifs is 1. The molecule has 0 unspecified atom stereocenters. The van der Waals surface area contributed by atoms with Gasteiger partial charge in [-0.1, -0.05) is 6.92 Å². The number of hydrogen-bond acceptors (Lipinski definition) is 6. The molecular weight excluding hydrogens is 453 g/mol. The zero-order valence-corrected chi connectivity index (χ0v) is 19.7. The zero-order chi connectivity index (χ0) is 25.1. The number of anilines is 2. The number of halogens is 1. The fraction of sp³-hybridized carbons (Fsp3) is 0.200. The molecule has 0 aliphatic rings. The van der Waals surface area contributed by atoms with E-state index in [2.05, 4.69) is 20.0 Å². The Morgan fingerprint density at radius 2 is 1.91 bits per heavy atom. The second-order valence-corrected chi connectivity index (χ2v) is 7.68. The molecule has 10 heteroatoms. The quantitative estimate of drug-likeness (QED) is 0.437. The van der Waals surface area contributed by atoms with E-state index in [0.717, 1.165) is 22.5 Å². The zero-order valence-electron chi connectivity index (χ0n) is 19.7. The van der Waals surface area contributed by atoms with Crippen LogP contribution in [0.5, 0.6) is 5.75 Å². The minimum absolute atomic E-state index is 0.0568. The number of nitrogens with zero attached hydrogens (tertiary/aromatic N) is 4. The van der Waals surface area contributed by atoms with Crippen molar-refractivity contribution in [1.29, 1.82) is 0 Å². The van der Waals surface area contributed by atoms with Crippen LogP contribution in [-0.4, -0.2) is 47.6 Å². The third kappa shape index (κ3) is 4.63. The van der Waals surface area contributed by atoms with Crippen LogP contribution in [0.15, 0.2) is 55.0 Å². The summed E-state index contributed by atoms with van der Waals surface area (Å²) in [6, 6.07) is 9.51. The first kappa shape index (κ1) is 23.7. The van der Waals surface area contributed by atoms with Gasteiger partial charge in [0.1, 0.15) is 11.5 Å². The lowest BCUT2D eigenvalue weighted by Crippen LogP contribution is -2.26. The lowest BCUT2D eigenvalue weighted by Gasteiger charge is -2.19. The second kappa shape index (κ2) is 9.80. The summed E-state index contributed by atoms with van der Waals surface area (Å²) in [5, 5.41) is 2.51. The molecule has 0 fully saturated rings. The molecule has 0 atom stereocenters. The summed E-state index contributed by atoms with van der Waals surface area (Å²) in [5.41, 5.74) is 4.03. The van der Waals surface area contributed by atoms with Crippen LogP contribution in [0.1, 0.15) is 22.8 Å². The van der Waals surface area contributed by atoms with E-state index in [1.165, 1.54) is 37.3 Å². The Balaban J connectivity index is 1.72. The molecule has 1 aromatic carbocycles. The molecule has 0 spiro atoms. The van der Waals surface area contributed by atoms with Gasteiger partial charge in [-0.2, -0.15) is 0 Å². The van der Waals surface area contributed by atoms with E-state index < -0.39 is 11.9 Å². The van der Waals surface area contributed by atoms with Gasteiger partial charge in [-0.3, -0.25) is 14.5 Å². The first-order valence-electron chi connectivity index (χ1n) is 10.8. The third-order valence-corrected chi connectivity index (χ3v) is 5.61. The van der Waals surface area contributed by atoms with E-state index in [0.29, 0.717) is 23.5 Å². The minimum atomic E-state index is -0.612. The normalized spacial score (nSPS) is 10.8. The van der Waals surface area contributed by atoms with E-state index in [1.54, 1.807) is 37.8 Å². The maximum atomic E-state index is 13.8. The number of methoxy groups -OCH3 is 2. The van der Waals surface area contributed by atoms with Gasteiger partial charge in [0.05, 0.1) is 31.7 Å². The Morgan fingerprint density at radius 3 is 2.57 bits per heavy atom. The first-order chi connectivity index (χ1) is 16.9. The van der Waals surface area contributed by atoms with Crippen LogP contribution in [0.4, 0.5) is 20.7 Å². The van der Waals surface area contributed by atoms with Gasteiger partial charge >= 0.3 is 6.09 Å². The Morgan fingerprint density at radius 1 is 1.11 bits per heavy atom. The third-order valence-electron chi connectivity index (χ3n) is 5.61. The predicted octanol–water partition coefficient (Wildman–Crippen LogP) is 4.56. The van der Waals surface area contributed by atoms with E-state index in [-0.39, 0.29) is 11.7 Å². The highest BCUT2D eigenvalue weighted by Gasteiger charge is 2.19. The summed E-state index contributed by atoms with van der Waals surface area (Å²) >= 11 is 0. The summed E-state index contributed by atoms with van der Waals surface area (Å²) in [7, 11) is 4.27. The van der Waals surface area contributed by atoms with Crippen molar-refractivity contribution < 1.29 is 23.5 Å². The Bertz CT molecular complexity index is 1400. The van der Waals surface area contributed by atoms with E-state index in [4.69, 9.17) is 4.74 Å². The minimum Gasteiger partial charge on any atom is -0.494 e. The number of benzene rings is 1. The molecule has 0 aliphatic heterocycles. The van der Waals surface area contributed by atoms with Gasteiger partial charge in [0, 0.05) is 36.8 Å². The van der Waals surface area contributed by atoms with Crippen molar-refractivity contribution >= 4 is 29.2 Å². The van der Waals surface area contributed by atoms with Crippen molar-refractivity contribution in [3.05, 3.63) is 71.9 Å². The molecule has 4 rings (SSSR count). The number of carbonyl (C=O) groups is 2. The van der Waals surface area contributed by atoms with E-state index in [9.17, 15) is 14.0 Å². The molecule has 2 amide bonds. The number of ether oxygens (including phenoxy) is 2. The molecular formula is C25H24FN5O4. The van der Waals surface area contributed by atoms with Crippen LogP contribution < -0.4 is 15.0 Å². The van der Waals surface area contributed by atoms with Gasteiger partial charge in [0.15, 0.2) is 11.6 Å². The Kier molecular flexibility index (Phi) is 6.63. The monoisotopic (exact) mass is 477 g/mol. The molecule has 3 heterocycles. The van der Waals surface area contributed by atoms with Crippen LogP contribution in [0.25, 0.3) is 16.9 Å². The van der Waals surface area contributed by atoms with E-state index >= 15 is 0 Å². The number of nitrogens with one attached hydrogen (secondary N) is 1. The molecule has 0 radical (unpaired) electrons. The van der Waals surface area contributed by atoms with Crippen LogP contribution in [0.2, 0.25) is 0 Å². The number of aromatic nitrogens is 3. The summed E-state index contributed by atoms with van der Waals surface area (Å²) in [4.78, 5) is 35.0. The van der Waals surface area contributed by atoms with Gasteiger partial charge in [0.2, 0.25) is 0 Å². The number of rotatable bonds is 6. The molecule has 1 N–H and O–H groups in total. The lowest BCUT2D eigenvalue weighted by atomic mass is 10.1. The number of imidazole rings is 1. The molecule has 3 aromatic heterocycles. The molecule has 180 valence electrons. The van der Waals surface area contributed by atoms with Gasteiger partial charge in [-0.05, 0) is 42.3 Å². The molecule has 0 saturated carbocycles. The fourth-order valence-electron chi connectivity index (χ4n) is 3.69. The fourth-order valence-corrected chi connectivity index (χ4v) is 3.69. The predicted molar refractivity (Wildman–Crippen MR) is 130 cm³/mol. The highest BCUT2D eigenvalue weighted by Crippen LogP contribution is 2.27. The highest BCUT2D eigenvalue weighted by atomic mass is 19.1. The SMILES string of the molecule is CCc1cc(C(=O)N(C)c2ccc(F)c(OC)c2)cn2c(-c3ccc(NC(=O)OC)nc3)cnc12. The summed E-state index contributed by atoms with van der Waals surface area (Å²) in [5.74, 6) is -0.376. The number of carbonyl (C=O) groups excluding carboxylic acids is 2. The maximum absolute atomic E-state index is 13.8. The number of hydrogen-bond donors (Lipinski definition) is 1. The lowest BCUT2D eigenvalue weighted by molar-refractivity contribution is 0.0992. The Hall–Kier alpha value is -4.47. The number of pyridine rings is 2. The molecule has 0 aliphatic carbocycles.